The molecule has 0 aliphatic heterocycles. The van der Waals surface area contributed by atoms with Gasteiger partial charge in [-0.05, 0) is 55.5 Å². The van der Waals surface area contributed by atoms with Crippen LogP contribution in [0.3, 0.4) is 0 Å². The van der Waals surface area contributed by atoms with E-state index < -0.39 is 22.0 Å². The van der Waals surface area contributed by atoms with Crippen LogP contribution in [0, 0.1) is 0 Å². The topological polar surface area (TPSA) is 113 Å². The minimum absolute atomic E-state index is 0.138. The molecule has 1 unspecified atom stereocenters. The number of hydrogen-bond donors (Lipinski definition) is 2. The van der Waals surface area contributed by atoms with Crippen molar-refractivity contribution in [3.05, 3.63) is 72.6 Å². The van der Waals surface area contributed by atoms with Crippen LogP contribution in [0.25, 0.3) is 0 Å². The van der Waals surface area contributed by atoms with Crippen LogP contribution >= 0.6 is 0 Å². The van der Waals surface area contributed by atoms with Gasteiger partial charge < -0.3 is 10.6 Å². The highest BCUT2D eigenvalue weighted by molar-refractivity contribution is 7.89. The maximum Gasteiger partial charge on any atom is 0.255 e. The fourth-order valence-corrected chi connectivity index (χ4v) is 4.70. The van der Waals surface area contributed by atoms with Gasteiger partial charge in [-0.3, -0.25) is 14.3 Å². The van der Waals surface area contributed by atoms with Gasteiger partial charge in [-0.2, -0.15) is 9.40 Å². The molecule has 1 heterocycles. The maximum absolute atomic E-state index is 12.6. The Labute approximate surface area is 193 Å². The fourth-order valence-electron chi connectivity index (χ4n) is 3.25. The number of carbonyl (C=O) groups is 2. The van der Waals surface area contributed by atoms with Crippen molar-refractivity contribution in [3.63, 3.8) is 0 Å². The first-order chi connectivity index (χ1) is 15.8. The van der Waals surface area contributed by atoms with Crippen LogP contribution in [-0.2, 0) is 14.8 Å². The van der Waals surface area contributed by atoms with Crippen molar-refractivity contribution in [2.75, 3.05) is 23.7 Å². The molecular formula is C23H27N5O4S. The van der Waals surface area contributed by atoms with Crippen molar-refractivity contribution in [1.82, 2.24) is 14.1 Å². The first-order valence-corrected chi connectivity index (χ1v) is 12.0. The molecule has 1 atom stereocenters. The summed E-state index contributed by atoms with van der Waals surface area (Å²) in [4.78, 5) is 25.2. The third-order valence-corrected chi connectivity index (χ3v) is 7.21. The Morgan fingerprint density at radius 1 is 1.00 bits per heavy atom. The number of nitrogens with one attached hydrogen (secondary N) is 2. The number of sulfonamides is 1. The Hall–Kier alpha value is -3.50. The number of carbonyl (C=O) groups excluding carboxylic acids is 2. The summed E-state index contributed by atoms with van der Waals surface area (Å²) >= 11 is 0. The average Bonchev–Trinajstić information content (AvgIpc) is 3.34. The lowest BCUT2D eigenvalue weighted by molar-refractivity contribution is -0.119. The number of anilines is 2. The third-order valence-electron chi connectivity index (χ3n) is 5.15. The minimum Gasteiger partial charge on any atom is -0.324 e. The second kappa shape index (κ2) is 10.4. The monoisotopic (exact) mass is 469 g/mol. The van der Waals surface area contributed by atoms with Gasteiger partial charge in [0.05, 0.1) is 4.90 Å². The second-order valence-electron chi connectivity index (χ2n) is 7.30. The van der Waals surface area contributed by atoms with E-state index in [1.165, 1.54) is 28.6 Å². The molecule has 1 aromatic heterocycles. The largest absolute Gasteiger partial charge is 0.324 e. The molecule has 0 aliphatic rings. The molecule has 0 saturated heterocycles. The highest BCUT2D eigenvalue weighted by atomic mass is 32.2. The molecule has 174 valence electrons. The van der Waals surface area contributed by atoms with Crippen LogP contribution in [0.1, 0.15) is 37.2 Å². The molecule has 33 heavy (non-hydrogen) atoms. The molecule has 9 nitrogen and oxygen atoms in total. The summed E-state index contributed by atoms with van der Waals surface area (Å²) in [5.41, 5.74) is 1.33. The van der Waals surface area contributed by atoms with Gasteiger partial charge >= 0.3 is 0 Å². The van der Waals surface area contributed by atoms with Crippen molar-refractivity contribution in [3.8, 4) is 0 Å². The summed E-state index contributed by atoms with van der Waals surface area (Å²) in [6.45, 7) is 6.02. The lowest BCUT2D eigenvalue weighted by atomic mass is 10.2. The van der Waals surface area contributed by atoms with Crippen molar-refractivity contribution in [1.29, 1.82) is 0 Å². The Morgan fingerprint density at radius 2 is 1.64 bits per heavy atom. The van der Waals surface area contributed by atoms with E-state index in [0.29, 0.717) is 30.0 Å². The van der Waals surface area contributed by atoms with Crippen molar-refractivity contribution >= 4 is 33.2 Å². The van der Waals surface area contributed by atoms with Crippen LogP contribution in [0.15, 0.2) is 71.9 Å². The Bertz CT molecular complexity index is 1200. The summed E-state index contributed by atoms with van der Waals surface area (Å²) < 4.78 is 28.1. The van der Waals surface area contributed by atoms with Gasteiger partial charge in [-0.25, -0.2) is 8.42 Å². The predicted octanol–water partition coefficient (Wildman–Crippen LogP) is 3.37. The normalized spacial score (nSPS) is 12.4. The van der Waals surface area contributed by atoms with E-state index in [-0.39, 0.29) is 10.8 Å². The molecule has 3 rings (SSSR count). The molecule has 0 bridgehead atoms. The van der Waals surface area contributed by atoms with Crippen molar-refractivity contribution in [2.45, 2.75) is 31.7 Å². The van der Waals surface area contributed by atoms with Crippen LogP contribution in [0.2, 0.25) is 0 Å². The molecule has 10 heteroatoms. The minimum atomic E-state index is -3.59. The summed E-state index contributed by atoms with van der Waals surface area (Å²) in [7, 11) is -3.59. The smallest absolute Gasteiger partial charge is 0.255 e. The molecule has 0 spiro atoms. The van der Waals surface area contributed by atoms with Gasteiger partial charge in [0.1, 0.15) is 6.04 Å². The number of amides is 2. The SMILES string of the molecule is CCN(CC)S(=O)(=O)c1ccc(C(=O)Nc2cccc(NC(=O)C(C)n3cccn3)c2)cc1. The van der Waals surface area contributed by atoms with Gasteiger partial charge in [0, 0.05) is 42.4 Å². The van der Waals surface area contributed by atoms with Gasteiger partial charge in [-0.1, -0.05) is 19.9 Å². The van der Waals surface area contributed by atoms with Gasteiger partial charge in [0.15, 0.2) is 0 Å². The van der Waals surface area contributed by atoms with Crippen molar-refractivity contribution < 1.29 is 18.0 Å². The van der Waals surface area contributed by atoms with Gasteiger partial charge in [0.25, 0.3) is 5.91 Å². The molecule has 0 saturated carbocycles. The average molecular weight is 470 g/mol. The number of benzene rings is 2. The van der Waals surface area contributed by atoms with Crippen LogP contribution in [0.4, 0.5) is 11.4 Å². The molecule has 2 amide bonds. The zero-order valence-electron chi connectivity index (χ0n) is 18.7. The number of rotatable bonds is 9. The zero-order valence-corrected chi connectivity index (χ0v) is 19.5. The van der Waals surface area contributed by atoms with Crippen molar-refractivity contribution in [2.24, 2.45) is 0 Å². The van der Waals surface area contributed by atoms with E-state index in [9.17, 15) is 18.0 Å². The molecule has 2 N–H and O–H groups in total. The first kappa shape index (κ1) is 24.1. The van der Waals surface area contributed by atoms with Gasteiger partial charge in [-0.15, -0.1) is 0 Å². The van der Waals surface area contributed by atoms with Crippen LogP contribution in [0.5, 0.6) is 0 Å². The molecule has 2 aromatic carbocycles. The van der Waals surface area contributed by atoms with Gasteiger partial charge in [0.2, 0.25) is 15.9 Å². The number of nitrogens with zero attached hydrogens (tertiary/aromatic N) is 3. The van der Waals surface area contributed by atoms with Crippen LogP contribution < -0.4 is 10.6 Å². The van der Waals surface area contributed by atoms with E-state index >= 15 is 0 Å². The van der Waals surface area contributed by atoms with E-state index in [2.05, 4.69) is 15.7 Å². The zero-order chi connectivity index (χ0) is 24.0. The standard InChI is InChI=1S/C23H27N5O4S/c1-4-27(5-2)33(31,32)21-12-10-18(11-13-21)23(30)26-20-9-6-8-19(16-20)25-22(29)17(3)28-15-7-14-24-28/h6-17H,4-5H2,1-3H3,(H,25,29)(H,26,30). The first-order valence-electron chi connectivity index (χ1n) is 10.6. The van der Waals surface area contributed by atoms with E-state index in [4.69, 9.17) is 0 Å². The number of hydrogen-bond acceptors (Lipinski definition) is 5. The lowest BCUT2D eigenvalue weighted by Gasteiger charge is -2.18. The molecule has 0 radical (unpaired) electrons. The Balaban J connectivity index is 1.68. The molecule has 3 aromatic rings. The summed E-state index contributed by atoms with van der Waals surface area (Å²) in [5, 5.41) is 9.64. The maximum atomic E-state index is 12.6. The van der Waals surface area contributed by atoms with E-state index in [1.807, 2.05) is 0 Å². The quantitative estimate of drug-likeness (QED) is 0.499. The highest BCUT2D eigenvalue weighted by Gasteiger charge is 2.22. The Kier molecular flexibility index (Phi) is 7.62. The van der Waals surface area contributed by atoms with E-state index in [0.717, 1.165) is 0 Å². The summed E-state index contributed by atoms with van der Waals surface area (Å²) in [6, 6.07) is 13.8. The Morgan fingerprint density at radius 3 is 2.21 bits per heavy atom. The lowest BCUT2D eigenvalue weighted by Crippen LogP contribution is -2.30. The molecule has 0 aliphatic carbocycles. The van der Waals surface area contributed by atoms with Crippen LogP contribution in [-0.4, -0.2) is 47.4 Å². The summed E-state index contributed by atoms with van der Waals surface area (Å²) in [5.74, 6) is -0.637. The highest BCUT2D eigenvalue weighted by Crippen LogP contribution is 2.19. The molecule has 0 fully saturated rings. The van der Waals surface area contributed by atoms with E-state index in [1.54, 1.807) is 68.2 Å². The predicted molar refractivity (Wildman–Crippen MR) is 127 cm³/mol. The third kappa shape index (κ3) is 5.65. The fraction of sp³-hybridized carbons (Fsp3) is 0.261. The number of aromatic nitrogens is 2. The second-order valence-corrected chi connectivity index (χ2v) is 9.24. The summed E-state index contributed by atoms with van der Waals surface area (Å²) in [6.07, 6.45) is 3.31. The molecular weight excluding hydrogens is 442 g/mol.